The summed E-state index contributed by atoms with van der Waals surface area (Å²) in [6.45, 7) is 2.85. The first kappa shape index (κ1) is 15.4. The fourth-order valence-electron chi connectivity index (χ4n) is 1.80. The van der Waals surface area contributed by atoms with E-state index in [0.717, 1.165) is 11.3 Å². The predicted molar refractivity (Wildman–Crippen MR) is 83.0 cm³/mol. The van der Waals surface area contributed by atoms with Gasteiger partial charge in [-0.25, -0.2) is 4.79 Å². The van der Waals surface area contributed by atoms with Crippen molar-refractivity contribution in [3.05, 3.63) is 58.1 Å². The molecule has 4 nitrogen and oxygen atoms in total. The molecule has 0 amide bonds. The Kier molecular flexibility index (Phi) is 5.22. The van der Waals surface area contributed by atoms with Crippen molar-refractivity contribution >= 4 is 21.9 Å². The predicted octanol–water partition coefficient (Wildman–Crippen LogP) is 4.13. The first-order chi connectivity index (χ1) is 10.1. The van der Waals surface area contributed by atoms with Gasteiger partial charge in [-0.1, -0.05) is 28.1 Å². The quantitative estimate of drug-likeness (QED) is 0.850. The minimum Gasteiger partial charge on any atom is -0.494 e. The first-order valence-electron chi connectivity index (χ1n) is 6.47. The molecule has 0 atom stereocenters. The lowest BCUT2D eigenvalue weighted by molar-refractivity contribution is 0.0691. The van der Waals surface area contributed by atoms with Crippen LogP contribution < -0.4 is 9.47 Å². The number of hydrogen-bond acceptors (Lipinski definition) is 3. The van der Waals surface area contributed by atoms with Crippen LogP contribution in [0, 0.1) is 0 Å². The average molecular weight is 351 g/mol. The highest BCUT2D eigenvalue weighted by Crippen LogP contribution is 2.24. The summed E-state index contributed by atoms with van der Waals surface area (Å²) in [4.78, 5) is 11.2. The van der Waals surface area contributed by atoms with E-state index in [-0.39, 0.29) is 5.56 Å². The number of carbonyl (C=O) groups is 1. The molecule has 21 heavy (non-hydrogen) atoms. The van der Waals surface area contributed by atoms with Gasteiger partial charge in [0.2, 0.25) is 0 Å². The lowest BCUT2D eigenvalue weighted by atomic mass is 10.2. The van der Waals surface area contributed by atoms with Crippen molar-refractivity contribution in [2.45, 2.75) is 13.5 Å². The molecular weight excluding hydrogens is 336 g/mol. The van der Waals surface area contributed by atoms with Gasteiger partial charge in [0.15, 0.2) is 0 Å². The van der Waals surface area contributed by atoms with Crippen molar-refractivity contribution in [2.75, 3.05) is 6.61 Å². The molecule has 2 aromatic carbocycles. The Morgan fingerprint density at radius 1 is 1.14 bits per heavy atom. The highest BCUT2D eigenvalue weighted by molar-refractivity contribution is 9.10. The Labute approximate surface area is 131 Å². The SMILES string of the molecule is CCOc1ccc(COc2ccc(Br)cc2C(=O)O)cc1. The summed E-state index contributed by atoms with van der Waals surface area (Å²) in [6, 6.07) is 12.4. The smallest absolute Gasteiger partial charge is 0.339 e. The highest BCUT2D eigenvalue weighted by atomic mass is 79.9. The van der Waals surface area contributed by atoms with Crippen molar-refractivity contribution < 1.29 is 19.4 Å². The van der Waals surface area contributed by atoms with Crippen molar-refractivity contribution in [1.82, 2.24) is 0 Å². The molecule has 0 aliphatic carbocycles. The molecule has 0 bridgehead atoms. The third-order valence-electron chi connectivity index (χ3n) is 2.80. The van der Waals surface area contributed by atoms with Gasteiger partial charge in [0.25, 0.3) is 0 Å². The van der Waals surface area contributed by atoms with E-state index < -0.39 is 5.97 Å². The van der Waals surface area contributed by atoms with Gasteiger partial charge in [0, 0.05) is 4.47 Å². The van der Waals surface area contributed by atoms with Crippen molar-refractivity contribution in [2.24, 2.45) is 0 Å². The zero-order valence-corrected chi connectivity index (χ0v) is 13.1. The van der Waals surface area contributed by atoms with Crippen LogP contribution in [-0.4, -0.2) is 17.7 Å². The van der Waals surface area contributed by atoms with E-state index in [4.69, 9.17) is 14.6 Å². The first-order valence-corrected chi connectivity index (χ1v) is 7.27. The van der Waals surface area contributed by atoms with Crippen LogP contribution in [0.5, 0.6) is 11.5 Å². The van der Waals surface area contributed by atoms with E-state index in [2.05, 4.69) is 15.9 Å². The average Bonchev–Trinajstić information content (AvgIpc) is 2.47. The lowest BCUT2D eigenvalue weighted by Crippen LogP contribution is -2.03. The minimum absolute atomic E-state index is 0.135. The number of benzene rings is 2. The van der Waals surface area contributed by atoms with E-state index in [1.807, 2.05) is 31.2 Å². The van der Waals surface area contributed by atoms with Crippen molar-refractivity contribution in [1.29, 1.82) is 0 Å². The molecule has 0 aromatic heterocycles. The zero-order valence-electron chi connectivity index (χ0n) is 11.5. The second-order valence-electron chi connectivity index (χ2n) is 4.31. The molecule has 1 N–H and O–H groups in total. The number of halogens is 1. The topological polar surface area (TPSA) is 55.8 Å². The molecule has 0 fully saturated rings. The van der Waals surface area contributed by atoms with E-state index in [1.165, 1.54) is 6.07 Å². The Hall–Kier alpha value is -2.01. The van der Waals surface area contributed by atoms with Crippen LogP contribution in [0.2, 0.25) is 0 Å². The molecule has 2 rings (SSSR count). The molecular formula is C16H15BrO4. The summed E-state index contributed by atoms with van der Waals surface area (Å²) < 4.78 is 11.7. The number of ether oxygens (including phenoxy) is 2. The molecule has 0 radical (unpaired) electrons. The third-order valence-corrected chi connectivity index (χ3v) is 3.29. The fraction of sp³-hybridized carbons (Fsp3) is 0.188. The van der Waals surface area contributed by atoms with E-state index >= 15 is 0 Å². The van der Waals surface area contributed by atoms with E-state index in [1.54, 1.807) is 12.1 Å². The minimum atomic E-state index is -1.02. The summed E-state index contributed by atoms with van der Waals surface area (Å²) in [5, 5.41) is 9.17. The van der Waals surface area contributed by atoms with Crippen molar-refractivity contribution in [3.63, 3.8) is 0 Å². The van der Waals surface area contributed by atoms with Gasteiger partial charge in [-0.2, -0.15) is 0 Å². The lowest BCUT2D eigenvalue weighted by Gasteiger charge is -2.10. The van der Waals surface area contributed by atoms with Gasteiger partial charge in [-0.05, 0) is 42.8 Å². The number of carboxylic acids is 1. The third kappa shape index (κ3) is 4.23. The Morgan fingerprint density at radius 3 is 2.48 bits per heavy atom. The Morgan fingerprint density at radius 2 is 1.86 bits per heavy atom. The normalized spacial score (nSPS) is 10.2. The number of carboxylic acid groups (broad SMARTS) is 1. The van der Waals surface area contributed by atoms with Gasteiger partial charge >= 0.3 is 5.97 Å². The molecule has 2 aromatic rings. The molecule has 0 spiro atoms. The van der Waals surface area contributed by atoms with Gasteiger partial charge in [0.05, 0.1) is 6.61 Å². The van der Waals surface area contributed by atoms with Crippen LogP contribution in [-0.2, 0) is 6.61 Å². The summed E-state index contributed by atoms with van der Waals surface area (Å²) >= 11 is 3.25. The standard InChI is InChI=1S/C16H15BrO4/c1-2-20-13-6-3-11(4-7-13)10-21-15-8-5-12(17)9-14(15)16(18)19/h3-9H,2,10H2,1H3,(H,18,19). The van der Waals surface area contributed by atoms with Crippen LogP contribution >= 0.6 is 15.9 Å². The van der Waals surface area contributed by atoms with Crippen LogP contribution in [0.25, 0.3) is 0 Å². The molecule has 0 saturated carbocycles. The maximum absolute atomic E-state index is 11.2. The molecule has 0 heterocycles. The van der Waals surface area contributed by atoms with Crippen LogP contribution in [0.3, 0.4) is 0 Å². The number of aromatic carboxylic acids is 1. The van der Waals surface area contributed by atoms with E-state index in [9.17, 15) is 4.79 Å². The fourth-order valence-corrected chi connectivity index (χ4v) is 2.17. The molecule has 0 aliphatic rings. The Bertz CT molecular complexity index is 623. The maximum atomic E-state index is 11.2. The summed E-state index contributed by atoms with van der Waals surface area (Å²) in [7, 11) is 0. The number of rotatable bonds is 6. The molecule has 0 unspecified atom stereocenters. The monoisotopic (exact) mass is 350 g/mol. The summed E-state index contributed by atoms with van der Waals surface area (Å²) in [6.07, 6.45) is 0. The number of hydrogen-bond donors (Lipinski definition) is 1. The summed E-state index contributed by atoms with van der Waals surface area (Å²) in [5.41, 5.74) is 1.08. The van der Waals surface area contributed by atoms with E-state index in [0.29, 0.717) is 23.4 Å². The highest BCUT2D eigenvalue weighted by Gasteiger charge is 2.12. The van der Waals surface area contributed by atoms with Gasteiger partial charge in [0.1, 0.15) is 23.7 Å². The van der Waals surface area contributed by atoms with Gasteiger partial charge < -0.3 is 14.6 Å². The van der Waals surface area contributed by atoms with Crippen molar-refractivity contribution in [3.8, 4) is 11.5 Å². The maximum Gasteiger partial charge on any atom is 0.339 e. The van der Waals surface area contributed by atoms with Crippen LogP contribution in [0.1, 0.15) is 22.8 Å². The molecule has 5 heteroatoms. The summed E-state index contributed by atoms with van der Waals surface area (Å²) in [5.74, 6) is 0.133. The largest absolute Gasteiger partial charge is 0.494 e. The molecule has 110 valence electrons. The van der Waals surface area contributed by atoms with Gasteiger partial charge in [-0.3, -0.25) is 0 Å². The molecule has 0 saturated heterocycles. The van der Waals surface area contributed by atoms with Gasteiger partial charge in [-0.15, -0.1) is 0 Å². The zero-order chi connectivity index (χ0) is 15.2. The Balaban J connectivity index is 2.07. The second-order valence-corrected chi connectivity index (χ2v) is 5.23. The molecule has 0 aliphatic heterocycles. The second kappa shape index (κ2) is 7.13. The van der Waals surface area contributed by atoms with Crippen LogP contribution in [0.15, 0.2) is 46.9 Å². The van der Waals surface area contributed by atoms with Crippen LogP contribution in [0.4, 0.5) is 0 Å².